The fourth-order valence-corrected chi connectivity index (χ4v) is 4.55. The average molecular weight is 379 g/mol. The molecule has 2 bridgehead atoms. The van der Waals surface area contributed by atoms with E-state index >= 15 is 0 Å². The molecule has 0 heterocycles. The summed E-state index contributed by atoms with van der Waals surface area (Å²) in [5, 5.41) is 5.60. The number of amides is 2. The summed E-state index contributed by atoms with van der Waals surface area (Å²) in [6.07, 6.45) is 5.71. The van der Waals surface area contributed by atoms with Crippen LogP contribution in [0.3, 0.4) is 0 Å². The summed E-state index contributed by atoms with van der Waals surface area (Å²) in [6.45, 7) is 1.98. The van der Waals surface area contributed by atoms with Crippen LogP contribution in [-0.4, -0.2) is 18.4 Å². The Bertz CT molecular complexity index is 617. The number of hydrogen-bond acceptors (Lipinski definition) is 2. The highest BCUT2D eigenvalue weighted by atomic mass is 79.9. The second kappa shape index (κ2) is 7.04. The van der Waals surface area contributed by atoms with E-state index in [0.717, 1.165) is 27.6 Å². The first-order valence-corrected chi connectivity index (χ1v) is 9.13. The summed E-state index contributed by atoms with van der Waals surface area (Å²) < 4.78 is 0.979. The van der Waals surface area contributed by atoms with E-state index < -0.39 is 0 Å². The lowest BCUT2D eigenvalue weighted by atomic mass is 9.86. The SMILES string of the molecule is Cc1cc(Br)ccc1NC(=O)CNC(=O)CC1CC2CCC1C2. The van der Waals surface area contributed by atoms with Crippen molar-refractivity contribution in [3.63, 3.8) is 0 Å². The zero-order valence-electron chi connectivity index (χ0n) is 13.4. The minimum Gasteiger partial charge on any atom is -0.347 e. The van der Waals surface area contributed by atoms with Gasteiger partial charge in [-0.3, -0.25) is 9.59 Å². The summed E-state index contributed by atoms with van der Waals surface area (Å²) >= 11 is 3.40. The summed E-state index contributed by atoms with van der Waals surface area (Å²) in [5.74, 6) is 1.94. The minimum absolute atomic E-state index is 0.00484. The van der Waals surface area contributed by atoms with E-state index in [4.69, 9.17) is 0 Å². The first-order chi connectivity index (χ1) is 11.0. The van der Waals surface area contributed by atoms with Gasteiger partial charge in [0.1, 0.15) is 0 Å². The van der Waals surface area contributed by atoms with Gasteiger partial charge in [-0.2, -0.15) is 0 Å². The van der Waals surface area contributed by atoms with Crippen molar-refractivity contribution in [3.05, 3.63) is 28.2 Å². The fourth-order valence-electron chi connectivity index (χ4n) is 4.08. The fraction of sp³-hybridized carbons (Fsp3) is 0.556. The largest absolute Gasteiger partial charge is 0.347 e. The van der Waals surface area contributed by atoms with Gasteiger partial charge in [-0.25, -0.2) is 0 Å². The highest BCUT2D eigenvalue weighted by Crippen LogP contribution is 2.49. The van der Waals surface area contributed by atoms with E-state index in [0.29, 0.717) is 12.3 Å². The molecule has 1 aromatic carbocycles. The van der Waals surface area contributed by atoms with Gasteiger partial charge < -0.3 is 10.6 Å². The summed E-state index contributed by atoms with van der Waals surface area (Å²) in [7, 11) is 0. The molecule has 2 saturated carbocycles. The Morgan fingerprint density at radius 1 is 1.22 bits per heavy atom. The molecule has 23 heavy (non-hydrogen) atoms. The maximum atomic E-state index is 12.0. The topological polar surface area (TPSA) is 58.2 Å². The summed E-state index contributed by atoms with van der Waals surface area (Å²) in [6, 6.07) is 5.69. The lowest BCUT2D eigenvalue weighted by Gasteiger charge is -2.20. The number of fused-ring (bicyclic) bond motifs is 2. The predicted molar refractivity (Wildman–Crippen MR) is 94.1 cm³/mol. The number of hydrogen-bond donors (Lipinski definition) is 2. The molecular formula is C18H23BrN2O2. The van der Waals surface area contributed by atoms with E-state index in [1.807, 2.05) is 25.1 Å². The molecule has 2 N–H and O–H groups in total. The van der Waals surface area contributed by atoms with Crippen LogP contribution in [0.5, 0.6) is 0 Å². The van der Waals surface area contributed by atoms with Crippen molar-refractivity contribution in [2.24, 2.45) is 17.8 Å². The highest BCUT2D eigenvalue weighted by Gasteiger charge is 2.40. The van der Waals surface area contributed by atoms with Gasteiger partial charge in [0.05, 0.1) is 6.54 Å². The molecule has 5 heteroatoms. The van der Waals surface area contributed by atoms with Gasteiger partial charge >= 0.3 is 0 Å². The number of aryl methyl sites for hydroxylation is 1. The quantitative estimate of drug-likeness (QED) is 0.821. The summed E-state index contributed by atoms with van der Waals surface area (Å²) in [4.78, 5) is 24.0. The van der Waals surface area contributed by atoms with Gasteiger partial charge in [-0.1, -0.05) is 22.4 Å². The minimum atomic E-state index is -0.184. The van der Waals surface area contributed by atoms with Gasteiger partial charge in [0, 0.05) is 16.6 Å². The molecule has 1 aromatic rings. The molecule has 3 atom stereocenters. The van der Waals surface area contributed by atoms with Crippen molar-refractivity contribution in [1.29, 1.82) is 0 Å². The first kappa shape index (κ1) is 16.5. The van der Waals surface area contributed by atoms with Crippen LogP contribution in [0.1, 0.15) is 37.7 Å². The number of benzene rings is 1. The molecule has 2 aliphatic carbocycles. The molecule has 0 aliphatic heterocycles. The molecule has 4 nitrogen and oxygen atoms in total. The molecule has 0 saturated heterocycles. The maximum absolute atomic E-state index is 12.0. The van der Waals surface area contributed by atoms with E-state index in [1.54, 1.807) is 0 Å². The molecule has 3 unspecified atom stereocenters. The van der Waals surface area contributed by atoms with Crippen molar-refractivity contribution in [2.75, 3.05) is 11.9 Å². The Morgan fingerprint density at radius 3 is 2.70 bits per heavy atom. The van der Waals surface area contributed by atoms with Crippen LogP contribution >= 0.6 is 15.9 Å². The molecule has 0 aromatic heterocycles. The smallest absolute Gasteiger partial charge is 0.243 e. The lowest BCUT2D eigenvalue weighted by Crippen LogP contribution is -2.34. The predicted octanol–water partition coefficient (Wildman–Crippen LogP) is 3.64. The van der Waals surface area contributed by atoms with Crippen molar-refractivity contribution in [2.45, 2.75) is 39.0 Å². The highest BCUT2D eigenvalue weighted by molar-refractivity contribution is 9.10. The number of carbonyl (C=O) groups excluding carboxylic acids is 2. The number of carbonyl (C=O) groups is 2. The van der Waals surface area contributed by atoms with Crippen molar-refractivity contribution < 1.29 is 9.59 Å². The maximum Gasteiger partial charge on any atom is 0.243 e. The van der Waals surface area contributed by atoms with E-state index in [2.05, 4.69) is 26.6 Å². The van der Waals surface area contributed by atoms with Crippen molar-refractivity contribution in [3.8, 4) is 0 Å². The molecule has 2 aliphatic rings. The van der Waals surface area contributed by atoms with Crippen LogP contribution in [0.25, 0.3) is 0 Å². The van der Waals surface area contributed by atoms with Gasteiger partial charge in [-0.15, -0.1) is 0 Å². The Kier molecular flexibility index (Phi) is 5.05. The second-order valence-electron chi connectivity index (χ2n) is 6.92. The first-order valence-electron chi connectivity index (χ1n) is 8.34. The van der Waals surface area contributed by atoms with Crippen LogP contribution in [0.15, 0.2) is 22.7 Å². The zero-order chi connectivity index (χ0) is 16.4. The monoisotopic (exact) mass is 378 g/mol. The molecule has 0 spiro atoms. The zero-order valence-corrected chi connectivity index (χ0v) is 15.0. The molecule has 3 rings (SSSR count). The summed E-state index contributed by atoms with van der Waals surface area (Å²) in [5.41, 5.74) is 1.77. The molecule has 0 radical (unpaired) electrons. The van der Waals surface area contributed by atoms with Crippen LogP contribution in [-0.2, 0) is 9.59 Å². The Morgan fingerprint density at radius 2 is 2.04 bits per heavy atom. The second-order valence-corrected chi connectivity index (χ2v) is 7.84. The third kappa shape index (κ3) is 4.14. The third-order valence-electron chi connectivity index (χ3n) is 5.24. The Hall–Kier alpha value is -1.36. The van der Waals surface area contributed by atoms with Gasteiger partial charge in [-0.05, 0) is 67.7 Å². The van der Waals surface area contributed by atoms with Gasteiger partial charge in [0.2, 0.25) is 11.8 Å². The number of anilines is 1. The number of rotatable bonds is 5. The number of halogens is 1. The van der Waals surface area contributed by atoms with Crippen LogP contribution in [0.2, 0.25) is 0 Å². The molecular weight excluding hydrogens is 356 g/mol. The average Bonchev–Trinajstić information content (AvgIpc) is 3.11. The van der Waals surface area contributed by atoms with Crippen LogP contribution in [0, 0.1) is 24.7 Å². The van der Waals surface area contributed by atoms with Gasteiger partial charge in [0.25, 0.3) is 0 Å². The van der Waals surface area contributed by atoms with Crippen LogP contribution in [0.4, 0.5) is 5.69 Å². The standard InChI is InChI=1S/C18H23BrN2O2/c1-11-6-15(19)4-5-16(11)21-18(23)10-20-17(22)9-14-8-12-2-3-13(14)7-12/h4-6,12-14H,2-3,7-10H2,1H3,(H,20,22)(H,21,23). The Labute approximate surface area is 145 Å². The normalized spacial score (nSPS) is 25.4. The number of nitrogens with one attached hydrogen (secondary N) is 2. The van der Waals surface area contributed by atoms with Gasteiger partial charge in [0.15, 0.2) is 0 Å². The van der Waals surface area contributed by atoms with Crippen LogP contribution < -0.4 is 10.6 Å². The van der Waals surface area contributed by atoms with E-state index in [1.165, 1.54) is 25.7 Å². The lowest BCUT2D eigenvalue weighted by molar-refractivity contribution is -0.125. The molecule has 2 fully saturated rings. The van der Waals surface area contributed by atoms with E-state index in [9.17, 15) is 9.59 Å². The molecule has 124 valence electrons. The van der Waals surface area contributed by atoms with Crippen molar-refractivity contribution >= 4 is 33.4 Å². The Balaban J connectivity index is 1.42. The van der Waals surface area contributed by atoms with Crippen molar-refractivity contribution in [1.82, 2.24) is 5.32 Å². The molecule has 2 amide bonds. The van der Waals surface area contributed by atoms with E-state index in [-0.39, 0.29) is 18.4 Å². The third-order valence-corrected chi connectivity index (χ3v) is 5.73.